The molecular formula is C26H32N2O2S3. The molecule has 0 radical (unpaired) electrons. The molecule has 2 aromatic carbocycles. The second kappa shape index (κ2) is 9.04. The predicted octanol–water partition coefficient (Wildman–Crippen LogP) is 6.86. The Balaban J connectivity index is 1.39. The molecule has 0 saturated heterocycles. The number of para-hydroxylation sites is 2. The maximum Gasteiger partial charge on any atom is 0.212 e. The van der Waals surface area contributed by atoms with Gasteiger partial charge in [-0.3, -0.25) is 0 Å². The third-order valence-corrected chi connectivity index (χ3v) is 13.5. The molecule has 0 N–H and O–H groups in total. The maximum atomic E-state index is 14.6. The fraction of sp³-hybridized carbons (Fsp3) is 0.538. The minimum Gasteiger partial charge on any atom is -0.342 e. The van der Waals surface area contributed by atoms with E-state index in [2.05, 4.69) is 46.2 Å². The topological polar surface area (TPSA) is 40.6 Å². The third-order valence-electron chi connectivity index (χ3n) is 7.69. The van der Waals surface area contributed by atoms with Gasteiger partial charge in [-0.25, -0.2) is 8.42 Å². The molecular weight excluding hydrogens is 468 g/mol. The van der Waals surface area contributed by atoms with Crippen LogP contribution >= 0.6 is 23.5 Å². The molecule has 7 heteroatoms. The van der Waals surface area contributed by atoms with Gasteiger partial charge < -0.3 is 9.80 Å². The number of hydrogen-bond donors (Lipinski definition) is 0. The lowest BCUT2D eigenvalue weighted by molar-refractivity contribution is 0.414. The van der Waals surface area contributed by atoms with Crippen molar-refractivity contribution >= 4 is 44.7 Å². The van der Waals surface area contributed by atoms with Gasteiger partial charge in [0.25, 0.3) is 0 Å². The largest absolute Gasteiger partial charge is 0.342 e. The standard InChI is InChI=1S/C26H32N2O2S3/c29-33(30,25-27(19-11-3-1-4-12-19)21-15-7-9-17-23(21)31-25)26-28(20-13-5-2-6-14-20)22-16-8-10-18-24(22)32-26/h7-10,15-20,25-26H,1-6,11-14H2. The van der Waals surface area contributed by atoms with Crippen molar-refractivity contribution in [3.63, 3.8) is 0 Å². The average Bonchev–Trinajstić information content (AvgIpc) is 3.45. The number of benzene rings is 2. The van der Waals surface area contributed by atoms with Crippen molar-refractivity contribution in [3.8, 4) is 0 Å². The maximum absolute atomic E-state index is 14.6. The summed E-state index contributed by atoms with van der Waals surface area (Å²) in [6.45, 7) is 0. The van der Waals surface area contributed by atoms with E-state index in [-0.39, 0.29) is 0 Å². The first-order chi connectivity index (χ1) is 16.1. The highest BCUT2D eigenvalue weighted by Gasteiger charge is 2.51. The quantitative estimate of drug-likeness (QED) is 0.457. The molecule has 2 atom stereocenters. The Bertz CT molecular complexity index is 1030. The highest BCUT2D eigenvalue weighted by Crippen LogP contribution is 2.54. The van der Waals surface area contributed by atoms with Gasteiger partial charge in [-0.15, -0.1) is 0 Å². The summed E-state index contributed by atoms with van der Waals surface area (Å²) in [6.07, 6.45) is 11.7. The van der Waals surface area contributed by atoms with Crippen LogP contribution in [0.5, 0.6) is 0 Å². The fourth-order valence-electron chi connectivity index (χ4n) is 6.10. The molecule has 2 saturated carbocycles. The first kappa shape index (κ1) is 22.2. The van der Waals surface area contributed by atoms with E-state index >= 15 is 0 Å². The molecule has 2 heterocycles. The van der Waals surface area contributed by atoms with Crippen LogP contribution in [0.4, 0.5) is 11.4 Å². The highest BCUT2D eigenvalue weighted by molar-refractivity contribution is 8.21. The Morgan fingerprint density at radius 2 is 1.00 bits per heavy atom. The Morgan fingerprint density at radius 3 is 1.42 bits per heavy atom. The lowest BCUT2D eigenvalue weighted by Gasteiger charge is -2.41. The summed E-state index contributed by atoms with van der Waals surface area (Å²) in [7, 11) is -3.49. The van der Waals surface area contributed by atoms with E-state index in [9.17, 15) is 8.42 Å². The Kier molecular flexibility index (Phi) is 6.08. The monoisotopic (exact) mass is 500 g/mol. The molecule has 6 rings (SSSR count). The third kappa shape index (κ3) is 3.88. The molecule has 2 unspecified atom stereocenters. The van der Waals surface area contributed by atoms with E-state index in [1.807, 2.05) is 12.1 Å². The summed E-state index contributed by atoms with van der Waals surface area (Å²) in [5, 5.41) is 0. The molecule has 0 spiro atoms. The molecule has 33 heavy (non-hydrogen) atoms. The van der Waals surface area contributed by atoms with E-state index in [0.29, 0.717) is 12.1 Å². The molecule has 4 aliphatic rings. The smallest absolute Gasteiger partial charge is 0.212 e. The molecule has 0 amide bonds. The molecule has 2 fully saturated rings. The van der Waals surface area contributed by atoms with Crippen LogP contribution in [0.15, 0.2) is 58.3 Å². The van der Waals surface area contributed by atoms with Crippen molar-refractivity contribution < 1.29 is 8.42 Å². The highest BCUT2D eigenvalue weighted by atomic mass is 32.3. The van der Waals surface area contributed by atoms with Crippen LogP contribution in [-0.4, -0.2) is 29.9 Å². The number of nitrogens with zero attached hydrogens (tertiary/aromatic N) is 2. The Labute approximate surface area is 206 Å². The summed E-state index contributed by atoms with van der Waals surface area (Å²) in [5.74, 6) is 0. The summed E-state index contributed by atoms with van der Waals surface area (Å²) in [6, 6.07) is 17.3. The van der Waals surface area contributed by atoms with Gasteiger partial charge in [-0.2, -0.15) is 0 Å². The van der Waals surface area contributed by atoms with E-state index in [1.165, 1.54) is 38.5 Å². The van der Waals surface area contributed by atoms with Crippen molar-refractivity contribution in [1.82, 2.24) is 0 Å². The molecule has 0 aromatic heterocycles. The van der Waals surface area contributed by atoms with E-state index in [0.717, 1.165) is 46.8 Å². The SMILES string of the molecule is O=S(=O)(C1Sc2ccccc2N1C1CCCCC1)C1Sc2ccccc2N1C1CCCCC1. The van der Waals surface area contributed by atoms with E-state index in [1.54, 1.807) is 23.5 Å². The number of hydrogen-bond acceptors (Lipinski definition) is 6. The molecule has 2 aromatic rings. The van der Waals surface area contributed by atoms with Gasteiger partial charge in [-0.1, -0.05) is 86.3 Å². The van der Waals surface area contributed by atoms with Crippen molar-refractivity contribution in [2.75, 3.05) is 9.80 Å². The number of anilines is 2. The first-order valence-corrected chi connectivity index (χ1v) is 15.8. The Morgan fingerprint density at radius 1 is 0.606 bits per heavy atom. The van der Waals surface area contributed by atoms with E-state index in [4.69, 9.17) is 0 Å². The van der Waals surface area contributed by atoms with Crippen LogP contribution in [0.25, 0.3) is 0 Å². The average molecular weight is 501 g/mol. The van der Waals surface area contributed by atoms with Crippen LogP contribution in [-0.2, 0) is 9.84 Å². The van der Waals surface area contributed by atoms with Gasteiger partial charge in [0, 0.05) is 21.9 Å². The lowest BCUT2D eigenvalue weighted by atomic mass is 9.94. The molecule has 176 valence electrons. The van der Waals surface area contributed by atoms with Gasteiger partial charge in [0.15, 0.2) is 9.41 Å². The van der Waals surface area contributed by atoms with Crippen LogP contribution in [0.3, 0.4) is 0 Å². The second-order valence-corrected chi connectivity index (χ2v) is 14.7. The summed E-state index contributed by atoms with van der Waals surface area (Å²) < 4.78 is 28.0. The molecule has 2 aliphatic heterocycles. The van der Waals surface area contributed by atoms with Crippen LogP contribution < -0.4 is 9.80 Å². The molecule has 0 bridgehead atoms. The van der Waals surface area contributed by atoms with Crippen molar-refractivity contribution in [1.29, 1.82) is 0 Å². The van der Waals surface area contributed by atoms with Crippen LogP contribution in [0, 0.1) is 0 Å². The minimum absolute atomic E-state index is 0.312. The zero-order chi connectivity index (χ0) is 22.4. The Hall–Kier alpha value is -1.31. The predicted molar refractivity (Wildman–Crippen MR) is 140 cm³/mol. The second-order valence-electron chi connectivity index (χ2n) is 9.77. The fourth-order valence-corrected chi connectivity index (χ4v) is 12.2. The van der Waals surface area contributed by atoms with Gasteiger partial charge in [0.2, 0.25) is 9.84 Å². The van der Waals surface area contributed by atoms with Crippen LogP contribution in [0.1, 0.15) is 64.2 Å². The van der Waals surface area contributed by atoms with Crippen LogP contribution in [0.2, 0.25) is 0 Å². The van der Waals surface area contributed by atoms with Crippen molar-refractivity contribution in [2.24, 2.45) is 0 Å². The van der Waals surface area contributed by atoms with E-state index < -0.39 is 19.2 Å². The number of thioether (sulfide) groups is 2. The number of sulfone groups is 1. The van der Waals surface area contributed by atoms with Gasteiger partial charge in [-0.05, 0) is 49.9 Å². The van der Waals surface area contributed by atoms with Crippen molar-refractivity contribution in [3.05, 3.63) is 48.5 Å². The van der Waals surface area contributed by atoms with Gasteiger partial charge in [0.1, 0.15) is 0 Å². The zero-order valence-electron chi connectivity index (χ0n) is 18.9. The summed E-state index contributed by atoms with van der Waals surface area (Å²) >= 11 is 3.11. The molecule has 4 nitrogen and oxygen atoms in total. The molecule has 2 aliphatic carbocycles. The van der Waals surface area contributed by atoms with Gasteiger partial charge >= 0.3 is 0 Å². The number of rotatable bonds is 4. The summed E-state index contributed by atoms with van der Waals surface area (Å²) in [5.41, 5.74) is 2.24. The first-order valence-electron chi connectivity index (χ1n) is 12.5. The van der Waals surface area contributed by atoms with Gasteiger partial charge in [0.05, 0.1) is 11.4 Å². The lowest BCUT2D eigenvalue weighted by Crippen LogP contribution is -2.52. The minimum atomic E-state index is -3.49. The zero-order valence-corrected chi connectivity index (χ0v) is 21.4. The van der Waals surface area contributed by atoms with Crippen molar-refractivity contribution in [2.45, 2.75) is 95.5 Å². The number of fused-ring (bicyclic) bond motifs is 2. The summed E-state index contributed by atoms with van der Waals surface area (Å²) in [4.78, 5) is 6.80. The normalized spacial score (nSPS) is 26.4.